The van der Waals surface area contributed by atoms with Gasteiger partial charge in [-0.25, -0.2) is 13.6 Å². The molecule has 16 heavy (non-hydrogen) atoms. The second kappa shape index (κ2) is 3.50. The molecule has 0 unspecified atom stereocenters. The average Bonchev–Trinajstić information content (AvgIpc) is 2.55. The van der Waals surface area contributed by atoms with Crippen molar-refractivity contribution in [2.45, 2.75) is 13.3 Å². The number of hydrogen-bond acceptors (Lipinski definition) is 3. The summed E-state index contributed by atoms with van der Waals surface area (Å²) in [4.78, 5) is 14.9. The van der Waals surface area contributed by atoms with E-state index in [0.29, 0.717) is 11.1 Å². The van der Waals surface area contributed by atoms with E-state index in [-0.39, 0.29) is 5.04 Å². The standard InChI is InChI=1S/C10H10N2O3S/c1-2-6-3-4-7-8(5-6)10(12-9(7)13)16(11,14)15/h3-5H,2H2,1H3,(H2,11,14,15). The van der Waals surface area contributed by atoms with Crippen LogP contribution >= 0.6 is 0 Å². The molecule has 1 aromatic carbocycles. The smallest absolute Gasteiger partial charge is 0.267 e. The second-order valence-electron chi connectivity index (χ2n) is 3.50. The Morgan fingerprint density at radius 2 is 2.00 bits per heavy atom. The second-order valence-corrected chi connectivity index (χ2v) is 4.98. The molecule has 1 aromatic rings. The lowest BCUT2D eigenvalue weighted by Gasteiger charge is -2.02. The number of nitrogens with two attached hydrogens (primary N) is 1. The van der Waals surface area contributed by atoms with Gasteiger partial charge in [-0.15, -0.1) is 0 Å². The first kappa shape index (κ1) is 11.0. The first-order chi connectivity index (χ1) is 7.43. The number of hydrogen-bond donors (Lipinski definition) is 1. The third-order valence-corrected chi connectivity index (χ3v) is 3.28. The maximum Gasteiger partial charge on any atom is 0.279 e. The fraction of sp³-hybridized carbons (Fsp3) is 0.200. The Bertz CT molecular complexity index is 602. The number of aliphatic imine (C=N–C) groups is 1. The SMILES string of the molecule is CCc1ccc2c(c1)C(S(N)(=O)=O)=NC2=O. The van der Waals surface area contributed by atoms with Crippen LogP contribution in [0.15, 0.2) is 23.2 Å². The number of fused-ring (bicyclic) bond motifs is 1. The van der Waals surface area contributed by atoms with Gasteiger partial charge in [-0.2, -0.15) is 4.99 Å². The minimum Gasteiger partial charge on any atom is -0.267 e. The number of amides is 1. The monoisotopic (exact) mass is 238 g/mol. The molecular formula is C10H10N2O3S. The molecular weight excluding hydrogens is 228 g/mol. The van der Waals surface area contributed by atoms with Crippen LogP contribution in [0, 0.1) is 0 Å². The zero-order valence-corrected chi connectivity index (χ0v) is 9.41. The highest BCUT2D eigenvalue weighted by Gasteiger charge is 2.29. The van der Waals surface area contributed by atoms with Crippen LogP contribution in [0.5, 0.6) is 0 Å². The van der Waals surface area contributed by atoms with Gasteiger partial charge in [0.05, 0.1) is 5.56 Å². The van der Waals surface area contributed by atoms with Crippen LogP contribution < -0.4 is 5.14 Å². The Hall–Kier alpha value is -1.53. The number of carbonyl (C=O) groups excluding carboxylic acids is 1. The van der Waals surface area contributed by atoms with Gasteiger partial charge in [0, 0.05) is 5.56 Å². The topological polar surface area (TPSA) is 89.6 Å². The molecule has 84 valence electrons. The van der Waals surface area contributed by atoms with Crippen molar-refractivity contribution in [3.8, 4) is 0 Å². The average molecular weight is 238 g/mol. The molecule has 1 amide bonds. The summed E-state index contributed by atoms with van der Waals surface area (Å²) in [5.41, 5.74) is 1.54. The summed E-state index contributed by atoms with van der Waals surface area (Å²) in [6, 6.07) is 5.00. The van der Waals surface area contributed by atoms with Crippen molar-refractivity contribution in [3.05, 3.63) is 34.9 Å². The van der Waals surface area contributed by atoms with Crippen molar-refractivity contribution in [2.75, 3.05) is 0 Å². The molecule has 0 aromatic heterocycles. The number of benzene rings is 1. The van der Waals surface area contributed by atoms with Crippen LogP contribution in [0.3, 0.4) is 0 Å². The highest BCUT2D eigenvalue weighted by molar-refractivity contribution is 8.05. The number of sulfonamides is 1. The molecule has 5 nitrogen and oxygen atoms in total. The first-order valence-corrected chi connectivity index (χ1v) is 6.27. The number of primary sulfonamides is 1. The largest absolute Gasteiger partial charge is 0.279 e. The fourth-order valence-electron chi connectivity index (χ4n) is 1.60. The highest BCUT2D eigenvalue weighted by Crippen LogP contribution is 2.22. The lowest BCUT2D eigenvalue weighted by molar-refractivity contribution is 0.101. The predicted octanol–water partition coefficient (Wildman–Crippen LogP) is 0.438. The molecule has 0 saturated carbocycles. The maximum absolute atomic E-state index is 11.4. The summed E-state index contributed by atoms with van der Waals surface area (Å²) < 4.78 is 22.5. The minimum absolute atomic E-state index is 0.293. The van der Waals surface area contributed by atoms with E-state index in [2.05, 4.69) is 4.99 Å². The number of nitrogens with zero attached hydrogens (tertiary/aromatic N) is 1. The summed E-state index contributed by atoms with van der Waals surface area (Å²) in [5, 5.41) is 4.67. The van der Waals surface area contributed by atoms with Gasteiger partial charge < -0.3 is 0 Å². The molecule has 0 atom stereocenters. The molecule has 0 radical (unpaired) electrons. The van der Waals surface area contributed by atoms with Gasteiger partial charge in [0.1, 0.15) is 0 Å². The van der Waals surface area contributed by atoms with Crippen molar-refractivity contribution in [1.29, 1.82) is 0 Å². The molecule has 0 saturated heterocycles. The van der Waals surface area contributed by atoms with Gasteiger partial charge >= 0.3 is 0 Å². The van der Waals surface area contributed by atoms with Crippen LogP contribution in [-0.2, 0) is 16.4 Å². The van der Waals surface area contributed by atoms with Gasteiger partial charge in [-0.3, -0.25) is 4.79 Å². The van der Waals surface area contributed by atoms with Crippen molar-refractivity contribution in [1.82, 2.24) is 0 Å². The van der Waals surface area contributed by atoms with Crippen LogP contribution in [-0.4, -0.2) is 19.4 Å². The van der Waals surface area contributed by atoms with Gasteiger partial charge in [0.2, 0.25) is 0 Å². The molecule has 1 aliphatic rings. The Kier molecular flexibility index (Phi) is 2.40. The van der Waals surface area contributed by atoms with E-state index in [0.717, 1.165) is 12.0 Å². The Balaban J connectivity index is 2.68. The number of rotatable bonds is 1. The zero-order valence-electron chi connectivity index (χ0n) is 8.60. The van der Waals surface area contributed by atoms with E-state index in [9.17, 15) is 13.2 Å². The molecule has 1 aliphatic heterocycles. The Morgan fingerprint density at radius 1 is 1.31 bits per heavy atom. The summed E-state index contributed by atoms with van der Waals surface area (Å²) in [6.45, 7) is 1.94. The van der Waals surface area contributed by atoms with E-state index in [1.54, 1.807) is 18.2 Å². The van der Waals surface area contributed by atoms with E-state index in [4.69, 9.17) is 5.14 Å². The first-order valence-electron chi connectivity index (χ1n) is 4.72. The molecule has 0 bridgehead atoms. The van der Waals surface area contributed by atoms with Crippen molar-refractivity contribution in [3.63, 3.8) is 0 Å². The molecule has 0 aliphatic carbocycles. The third-order valence-electron chi connectivity index (χ3n) is 2.43. The lowest BCUT2D eigenvalue weighted by Crippen LogP contribution is -2.23. The normalized spacial score (nSPS) is 14.9. The van der Waals surface area contributed by atoms with E-state index < -0.39 is 15.9 Å². The number of carbonyl (C=O) groups is 1. The van der Waals surface area contributed by atoms with Crippen molar-refractivity contribution >= 4 is 21.0 Å². The minimum atomic E-state index is -3.94. The predicted molar refractivity (Wildman–Crippen MR) is 59.8 cm³/mol. The van der Waals surface area contributed by atoms with Gasteiger partial charge in [-0.05, 0) is 24.1 Å². The summed E-state index contributed by atoms with van der Waals surface area (Å²) in [5.74, 6) is -0.554. The van der Waals surface area contributed by atoms with Crippen LogP contribution in [0.4, 0.5) is 0 Å². The summed E-state index contributed by atoms with van der Waals surface area (Å²) >= 11 is 0. The molecule has 1 heterocycles. The molecule has 2 rings (SSSR count). The molecule has 0 spiro atoms. The summed E-state index contributed by atoms with van der Waals surface area (Å²) in [6.07, 6.45) is 0.749. The molecule has 2 N–H and O–H groups in total. The van der Waals surface area contributed by atoms with Gasteiger partial charge in [0.25, 0.3) is 15.9 Å². The lowest BCUT2D eigenvalue weighted by atomic mass is 10.0. The van der Waals surface area contributed by atoms with E-state index in [1.807, 2.05) is 6.92 Å². The fourth-order valence-corrected chi connectivity index (χ4v) is 2.29. The Morgan fingerprint density at radius 3 is 2.56 bits per heavy atom. The van der Waals surface area contributed by atoms with E-state index >= 15 is 0 Å². The van der Waals surface area contributed by atoms with E-state index in [1.165, 1.54) is 0 Å². The van der Waals surface area contributed by atoms with Crippen LogP contribution in [0.25, 0.3) is 0 Å². The van der Waals surface area contributed by atoms with Crippen LogP contribution in [0.2, 0.25) is 0 Å². The van der Waals surface area contributed by atoms with Crippen molar-refractivity contribution < 1.29 is 13.2 Å². The number of aryl methyl sites for hydroxylation is 1. The highest BCUT2D eigenvalue weighted by atomic mass is 32.2. The zero-order chi connectivity index (χ0) is 11.9. The molecule has 6 heteroatoms. The van der Waals surface area contributed by atoms with Crippen molar-refractivity contribution in [2.24, 2.45) is 10.1 Å². The van der Waals surface area contributed by atoms with Gasteiger partial charge in [0.15, 0.2) is 5.04 Å². The third kappa shape index (κ3) is 1.66. The maximum atomic E-state index is 11.4. The molecule has 0 fully saturated rings. The van der Waals surface area contributed by atoms with Crippen LogP contribution in [0.1, 0.15) is 28.4 Å². The quantitative estimate of drug-likeness (QED) is 0.769. The van der Waals surface area contributed by atoms with Gasteiger partial charge in [-0.1, -0.05) is 13.0 Å². The Labute approximate surface area is 93.0 Å². The summed E-state index contributed by atoms with van der Waals surface area (Å²) in [7, 11) is -3.94.